The molecule has 0 unspecified atom stereocenters. The van der Waals surface area contributed by atoms with Crippen LogP contribution in [0.5, 0.6) is 0 Å². The summed E-state index contributed by atoms with van der Waals surface area (Å²) in [6.45, 7) is 5.13. The minimum absolute atomic E-state index is 0.146. The van der Waals surface area contributed by atoms with Crippen molar-refractivity contribution >= 4 is 11.7 Å². The molecule has 1 aromatic rings. The van der Waals surface area contributed by atoms with Gasteiger partial charge in [-0.2, -0.15) is 0 Å². The molecule has 18 heavy (non-hydrogen) atoms. The third-order valence-corrected chi connectivity index (χ3v) is 2.68. The molecule has 0 saturated carbocycles. The molecular formula is C15H19NO2. The lowest BCUT2D eigenvalue weighted by Gasteiger charge is -2.23. The number of rotatable bonds is 6. The summed E-state index contributed by atoms with van der Waals surface area (Å²) in [5.74, 6) is 5.09. The third kappa shape index (κ3) is 4.92. The van der Waals surface area contributed by atoms with Crippen LogP contribution in [-0.4, -0.2) is 24.2 Å². The molecule has 0 fully saturated rings. The third-order valence-electron chi connectivity index (χ3n) is 2.68. The van der Waals surface area contributed by atoms with Crippen molar-refractivity contribution < 1.29 is 9.90 Å². The molecule has 3 heteroatoms. The predicted octanol–water partition coefficient (Wildman–Crippen LogP) is 2.69. The molecule has 0 atom stereocenters. The number of aliphatic carboxylic acids is 1. The first kappa shape index (κ1) is 14.1. The Bertz CT molecular complexity index is 440. The maximum Gasteiger partial charge on any atom is 0.305 e. The van der Waals surface area contributed by atoms with Gasteiger partial charge in [-0.05, 0) is 26.0 Å². The van der Waals surface area contributed by atoms with Crippen molar-refractivity contribution in [1.29, 1.82) is 0 Å². The first-order valence-corrected chi connectivity index (χ1v) is 6.06. The molecule has 0 aliphatic heterocycles. The SMILES string of the molecule is CC#CCCN(CCC(=O)O)c1ccc(C)cc1. The van der Waals surface area contributed by atoms with Crippen LogP contribution in [0.4, 0.5) is 5.69 Å². The Balaban J connectivity index is 2.70. The van der Waals surface area contributed by atoms with E-state index in [1.165, 1.54) is 5.56 Å². The lowest BCUT2D eigenvalue weighted by Crippen LogP contribution is -2.27. The Morgan fingerprint density at radius 1 is 1.28 bits per heavy atom. The van der Waals surface area contributed by atoms with Gasteiger partial charge in [0.15, 0.2) is 0 Å². The van der Waals surface area contributed by atoms with E-state index in [2.05, 4.69) is 16.7 Å². The fraction of sp³-hybridized carbons (Fsp3) is 0.400. The van der Waals surface area contributed by atoms with Crippen LogP contribution in [0.2, 0.25) is 0 Å². The summed E-state index contributed by atoms with van der Waals surface area (Å²) < 4.78 is 0. The van der Waals surface area contributed by atoms with E-state index in [-0.39, 0.29) is 6.42 Å². The molecule has 0 amide bonds. The lowest BCUT2D eigenvalue weighted by atomic mass is 10.2. The second-order valence-corrected chi connectivity index (χ2v) is 4.14. The van der Waals surface area contributed by atoms with E-state index < -0.39 is 5.97 Å². The van der Waals surface area contributed by atoms with Crippen molar-refractivity contribution in [3.8, 4) is 11.8 Å². The van der Waals surface area contributed by atoms with Crippen molar-refractivity contribution in [2.45, 2.75) is 26.7 Å². The van der Waals surface area contributed by atoms with Gasteiger partial charge >= 0.3 is 5.97 Å². The second kappa shape index (κ2) is 7.39. The Labute approximate surface area is 108 Å². The summed E-state index contributed by atoms with van der Waals surface area (Å²) in [5, 5.41) is 8.77. The molecular weight excluding hydrogens is 226 g/mol. The zero-order valence-corrected chi connectivity index (χ0v) is 10.9. The van der Waals surface area contributed by atoms with E-state index in [0.717, 1.165) is 18.7 Å². The molecule has 0 aliphatic rings. The fourth-order valence-electron chi connectivity index (χ4n) is 1.67. The van der Waals surface area contributed by atoms with Gasteiger partial charge in [0.2, 0.25) is 0 Å². The van der Waals surface area contributed by atoms with Gasteiger partial charge in [-0.1, -0.05) is 17.7 Å². The van der Waals surface area contributed by atoms with Gasteiger partial charge in [0.1, 0.15) is 0 Å². The highest BCUT2D eigenvalue weighted by Crippen LogP contribution is 2.15. The van der Waals surface area contributed by atoms with Crippen LogP contribution in [0.25, 0.3) is 0 Å². The number of anilines is 1. The average Bonchev–Trinajstić information content (AvgIpc) is 2.34. The highest BCUT2D eigenvalue weighted by molar-refractivity contribution is 5.67. The highest BCUT2D eigenvalue weighted by Gasteiger charge is 2.07. The molecule has 0 radical (unpaired) electrons. The summed E-state index contributed by atoms with van der Waals surface area (Å²) in [5.41, 5.74) is 2.25. The van der Waals surface area contributed by atoms with E-state index in [4.69, 9.17) is 5.11 Å². The van der Waals surface area contributed by atoms with Crippen LogP contribution >= 0.6 is 0 Å². The monoisotopic (exact) mass is 245 g/mol. The van der Waals surface area contributed by atoms with E-state index >= 15 is 0 Å². The molecule has 0 aliphatic carbocycles. The number of hydrogen-bond acceptors (Lipinski definition) is 2. The highest BCUT2D eigenvalue weighted by atomic mass is 16.4. The maximum absolute atomic E-state index is 10.7. The van der Waals surface area contributed by atoms with Crippen LogP contribution < -0.4 is 4.90 Å². The summed E-state index contributed by atoms with van der Waals surface area (Å²) >= 11 is 0. The number of carbonyl (C=O) groups is 1. The normalized spacial score (nSPS) is 9.44. The summed E-state index contributed by atoms with van der Waals surface area (Å²) in [7, 11) is 0. The second-order valence-electron chi connectivity index (χ2n) is 4.14. The van der Waals surface area contributed by atoms with Gasteiger partial charge in [0.25, 0.3) is 0 Å². The number of nitrogens with zero attached hydrogens (tertiary/aromatic N) is 1. The minimum Gasteiger partial charge on any atom is -0.481 e. The zero-order chi connectivity index (χ0) is 13.4. The van der Waals surface area contributed by atoms with Crippen LogP contribution in [-0.2, 0) is 4.79 Å². The van der Waals surface area contributed by atoms with Crippen LogP contribution in [0.15, 0.2) is 24.3 Å². The van der Waals surface area contributed by atoms with Gasteiger partial charge < -0.3 is 10.0 Å². The van der Waals surface area contributed by atoms with Crippen molar-refractivity contribution in [1.82, 2.24) is 0 Å². The summed E-state index contributed by atoms with van der Waals surface area (Å²) in [4.78, 5) is 12.7. The molecule has 3 nitrogen and oxygen atoms in total. The Morgan fingerprint density at radius 3 is 2.50 bits per heavy atom. The molecule has 96 valence electrons. The fourth-order valence-corrected chi connectivity index (χ4v) is 1.67. The first-order chi connectivity index (χ1) is 8.63. The summed E-state index contributed by atoms with van der Waals surface area (Å²) in [6, 6.07) is 8.12. The smallest absolute Gasteiger partial charge is 0.305 e. The van der Waals surface area contributed by atoms with Crippen molar-refractivity contribution in [3.05, 3.63) is 29.8 Å². The number of aryl methyl sites for hydroxylation is 1. The average molecular weight is 245 g/mol. The predicted molar refractivity (Wildman–Crippen MR) is 73.7 cm³/mol. The Kier molecular flexibility index (Phi) is 5.79. The van der Waals surface area contributed by atoms with E-state index in [1.807, 2.05) is 38.1 Å². The van der Waals surface area contributed by atoms with Crippen LogP contribution in [0, 0.1) is 18.8 Å². The number of carboxylic acid groups (broad SMARTS) is 1. The van der Waals surface area contributed by atoms with Crippen LogP contribution in [0.3, 0.4) is 0 Å². The Hall–Kier alpha value is -1.95. The van der Waals surface area contributed by atoms with Crippen molar-refractivity contribution in [2.24, 2.45) is 0 Å². The van der Waals surface area contributed by atoms with Crippen molar-refractivity contribution in [2.75, 3.05) is 18.0 Å². The van der Waals surface area contributed by atoms with Gasteiger partial charge in [-0.3, -0.25) is 4.79 Å². The Morgan fingerprint density at radius 2 is 1.94 bits per heavy atom. The molecule has 1 rings (SSSR count). The molecule has 0 spiro atoms. The number of hydrogen-bond donors (Lipinski definition) is 1. The largest absolute Gasteiger partial charge is 0.481 e. The molecule has 0 aromatic heterocycles. The van der Waals surface area contributed by atoms with Gasteiger partial charge in [0.05, 0.1) is 6.42 Å². The van der Waals surface area contributed by atoms with Gasteiger partial charge in [-0.15, -0.1) is 11.8 Å². The van der Waals surface area contributed by atoms with Crippen molar-refractivity contribution in [3.63, 3.8) is 0 Å². The molecule has 0 saturated heterocycles. The first-order valence-electron chi connectivity index (χ1n) is 6.06. The molecule has 0 heterocycles. The summed E-state index contributed by atoms with van der Waals surface area (Å²) in [6.07, 6.45) is 0.900. The number of benzene rings is 1. The lowest BCUT2D eigenvalue weighted by molar-refractivity contribution is -0.136. The minimum atomic E-state index is -0.770. The van der Waals surface area contributed by atoms with Crippen LogP contribution in [0.1, 0.15) is 25.3 Å². The number of carboxylic acids is 1. The van der Waals surface area contributed by atoms with E-state index in [1.54, 1.807) is 0 Å². The van der Waals surface area contributed by atoms with E-state index in [9.17, 15) is 4.79 Å². The topological polar surface area (TPSA) is 40.5 Å². The molecule has 1 aromatic carbocycles. The quantitative estimate of drug-likeness (QED) is 0.783. The maximum atomic E-state index is 10.7. The van der Waals surface area contributed by atoms with Gasteiger partial charge in [-0.25, -0.2) is 0 Å². The van der Waals surface area contributed by atoms with Gasteiger partial charge in [0, 0.05) is 25.2 Å². The standard InChI is InChI=1S/C15H19NO2/c1-3-4-5-11-16(12-10-15(17)18)14-8-6-13(2)7-9-14/h6-9H,5,10-12H2,1-2H3,(H,17,18). The zero-order valence-electron chi connectivity index (χ0n) is 10.9. The van der Waals surface area contributed by atoms with E-state index in [0.29, 0.717) is 6.54 Å². The molecule has 0 bridgehead atoms. The molecule has 1 N–H and O–H groups in total.